The summed E-state index contributed by atoms with van der Waals surface area (Å²) in [6, 6.07) is 3.75. The first kappa shape index (κ1) is 15.4. The van der Waals surface area contributed by atoms with Gasteiger partial charge in [0.2, 0.25) is 0 Å². The number of thiazole rings is 1. The van der Waals surface area contributed by atoms with Gasteiger partial charge in [-0.2, -0.15) is 0 Å². The standard InChI is InChI=1S/C15H20N4OS/c1-11(2)3-8-17-15-19-13(10-21-15)14(20)18-9-12-4-6-16-7-5-12/h4-7,10-11H,3,8-9H2,1-2H3,(H,17,19)(H,18,20). The Balaban J connectivity index is 1.81. The van der Waals surface area contributed by atoms with Gasteiger partial charge in [-0.15, -0.1) is 11.3 Å². The molecule has 0 bridgehead atoms. The number of carbonyl (C=O) groups excluding carboxylic acids is 1. The molecule has 5 nitrogen and oxygen atoms in total. The Morgan fingerprint density at radius 1 is 1.33 bits per heavy atom. The predicted octanol–water partition coefficient (Wildman–Crippen LogP) is 2.93. The number of hydrogen-bond acceptors (Lipinski definition) is 5. The molecule has 112 valence electrons. The maximum atomic E-state index is 12.0. The van der Waals surface area contributed by atoms with E-state index in [2.05, 4.69) is 34.4 Å². The fourth-order valence-electron chi connectivity index (χ4n) is 1.70. The van der Waals surface area contributed by atoms with E-state index in [-0.39, 0.29) is 5.91 Å². The van der Waals surface area contributed by atoms with E-state index in [0.29, 0.717) is 18.2 Å². The molecule has 0 aliphatic carbocycles. The third-order valence-corrected chi connectivity index (χ3v) is 3.74. The number of hydrogen-bond donors (Lipinski definition) is 2. The van der Waals surface area contributed by atoms with Crippen LogP contribution in [0.4, 0.5) is 5.13 Å². The quantitative estimate of drug-likeness (QED) is 0.825. The van der Waals surface area contributed by atoms with Crippen molar-refractivity contribution in [3.05, 3.63) is 41.2 Å². The average Bonchev–Trinajstić information content (AvgIpc) is 2.94. The van der Waals surface area contributed by atoms with Crippen LogP contribution in [-0.2, 0) is 6.54 Å². The zero-order valence-corrected chi connectivity index (χ0v) is 13.1. The van der Waals surface area contributed by atoms with Crippen molar-refractivity contribution >= 4 is 22.4 Å². The van der Waals surface area contributed by atoms with Crippen molar-refractivity contribution in [1.29, 1.82) is 0 Å². The number of rotatable bonds is 7. The molecule has 0 aliphatic rings. The summed E-state index contributed by atoms with van der Waals surface area (Å²) in [4.78, 5) is 20.2. The minimum absolute atomic E-state index is 0.153. The molecule has 21 heavy (non-hydrogen) atoms. The molecule has 2 N–H and O–H groups in total. The van der Waals surface area contributed by atoms with Gasteiger partial charge in [-0.25, -0.2) is 4.98 Å². The van der Waals surface area contributed by atoms with E-state index in [1.54, 1.807) is 17.8 Å². The summed E-state index contributed by atoms with van der Waals surface area (Å²) in [5, 5.41) is 8.67. The topological polar surface area (TPSA) is 66.9 Å². The minimum Gasteiger partial charge on any atom is -0.361 e. The number of carbonyl (C=O) groups is 1. The van der Waals surface area contributed by atoms with Crippen LogP contribution in [0.5, 0.6) is 0 Å². The minimum atomic E-state index is -0.153. The lowest BCUT2D eigenvalue weighted by molar-refractivity contribution is 0.0946. The molecule has 0 radical (unpaired) electrons. The van der Waals surface area contributed by atoms with E-state index in [1.165, 1.54) is 11.3 Å². The van der Waals surface area contributed by atoms with Gasteiger partial charge < -0.3 is 10.6 Å². The molecular weight excluding hydrogens is 284 g/mol. The summed E-state index contributed by atoms with van der Waals surface area (Å²) in [5.74, 6) is 0.501. The van der Waals surface area contributed by atoms with Gasteiger partial charge >= 0.3 is 0 Å². The second-order valence-corrected chi connectivity index (χ2v) is 6.04. The summed E-state index contributed by atoms with van der Waals surface area (Å²) in [6.45, 7) is 5.72. The highest BCUT2D eigenvalue weighted by Gasteiger charge is 2.10. The maximum Gasteiger partial charge on any atom is 0.271 e. The van der Waals surface area contributed by atoms with Gasteiger partial charge in [0.25, 0.3) is 5.91 Å². The van der Waals surface area contributed by atoms with Crippen molar-refractivity contribution in [3.63, 3.8) is 0 Å². The highest BCUT2D eigenvalue weighted by atomic mass is 32.1. The molecule has 1 amide bonds. The number of nitrogens with one attached hydrogen (secondary N) is 2. The number of pyridine rings is 1. The van der Waals surface area contributed by atoms with Crippen molar-refractivity contribution in [2.24, 2.45) is 5.92 Å². The van der Waals surface area contributed by atoms with E-state index in [9.17, 15) is 4.79 Å². The molecule has 2 aromatic rings. The van der Waals surface area contributed by atoms with E-state index >= 15 is 0 Å². The normalized spacial score (nSPS) is 10.6. The molecule has 6 heteroatoms. The first-order chi connectivity index (χ1) is 10.1. The summed E-state index contributed by atoms with van der Waals surface area (Å²) in [6.07, 6.45) is 4.51. The molecule has 0 saturated heterocycles. The second kappa shape index (κ2) is 7.73. The van der Waals surface area contributed by atoms with Crippen LogP contribution in [-0.4, -0.2) is 22.4 Å². The second-order valence-electron chi connectivity index (χ2n) is 5.19. The van der Waals surface area contributed by atoms with E-state index in [0.717, 1.165) is 23.7 Å². The number of nitrogens with zero attached hydrogens (tertiary/aromatic N) is 2. The van der Waals surface area contributed by atoms with Crippen LogP contribution in [0.3, 0.4) is 0 Å². The summed E-state index contributed by atoms with van der Waals surface area (Å²) < 4.78 is 0. The SMILES string of the molecule is CC(C)CCNc1nc(C(=O)NCc2ccncc2)cs1. The van der Waals surface area contributed by atoms with Crippen LogP contribution in [0, 0.1) is 5.92 Å². The lowest BCUT2D eigenvalue weighted by atomic mass is 10.1. The van der Waals surface area contributed by atoms with Crippen LogP contribution in [0.15, 0.2) is 29.9 Å². The van der Waals surface area contributed by atoms with Gasteiger partial charge in [0, 0.05) is 30.9 Å². The fraction of sp³-hybridized carbons (Fsp3) is 0.400. The molecule has 0 aliphatic heterocycles. The van der Waals surface area contributed by atoms with Crippen LogP contribution in [0.2, 0.25) is 0 Å². The van der Waals surface area contributed by atoms with Crippen molar-refractivity contribution in [2.75, 3.05) is 11.9 Å². The lowest BCUT2D eigenvalue weighted by Crippen LogP contribution is -2.23. The summed E-state index contributed by atoms with van der Waals surface area (Å²) in [7, 11) is 0. The fourth-order valence-corrected chi connectivity index (χ4v) is 2.42. The summed E-state index contributed by atoms with van der Waals surface area (Å²) in [5.41, 5.74) is 1.48. The first-order valence-corrected chi connectivity index (χ1v) is 7.89. The van der Waals surface area contributed by atoms with E-state index in [4.69, 9.17) is 0 Å². The van der Waals surface area contributed by atoms with Crippen LogP contribution in [0.25, 0.3) is 0 Å². The Morgan fingerprint density at radius 3 is 2.81 bits per heavy atom. The highest BCUT2D eigenvalue weighted by Crippen LogP contribution is 2.15. The van der Waals surface area contributed by atoms with Gasteiger partial charge in [-0.1, -0.05) is 13.8 Å². The third kappa shape index (κ3) is 5.15. The zero-order valence-electron chi connectivity index (χ0n) is 12.3. The molecular formula is C15H20N4OS. The molecule has 0 saturated carbocycles. The summed E-state index contributed by atoms with van der Waals surface area (Å²) >= 11 is 1.46. The molecule has 0 aromatic carbocycles. The van der Waals surface area contributed by atoms with Crippen molar-refractivity contribution in [1.82, 2.24) is 15.3 Å². The molecule has 2 heterocycles. The average molecular weight is 304 g/mol. The lowest BCUT2D eigenvalue weighted by Gasteiger charge is -2.05. The van der Waals surface area contributed by atoms with Gasteiger partial charge in [-0.3, -0.25) is 9.78 Å². The molecule has 0 atom stereocenters. The van der Waals surface area contributed by atoms with Crippen LogP contribution in [0.1, 0.15) is 36.3 Å². The van der Waals surface area contributed by atoms with Gasteiger partial charge in [-0.05, 0) is 30.0 Å². The number of amides is 1. The molecule has 2 rings (SSSR count). The molecule has 0 fully saturated rings. The Hall–Kier alpha value is -1.95. The van der Waals surface area contributed by atoms with Crippen LogP contribution >= 0.6 is 11.3 Å². The Kier molecular flexibility index (Phi) is 5.68. The number of anilines is 1. The van der Waals surface area contributed by atoms with E-state index in [1.807, 2.05) is 12.1 Å². The largest absolute Gasteiger partial charge is 0.361 e. The monoisotopic (exact) mass is 304 g/mol. The van der Waals surface area contributed by atoms with Gasteiger partial charge in [0.1, 0.15) is 5.69 Å². The number of aromatic nitrogens is 2. The highest BCUT2D eigenvalue weighted by molar-refractivity contribution is 7.13. The van der Waals surface area contributed by atoms with Gasteiger partial charge in [0.15, 0.2) is 5.13 Å². The Bertz CT molecular complexity index is 568. The van der Waals surface area contributed by atoms with Crippen molar-refractivity contribution < 1.29 is 4.79 Å². The van der Waals surface area contributed by atoms with Crippen molar-refractivity contribution in [3.8, 4) is 0 Å². The first-order valence-electron chi connectivity index (χ1n) is 7.01. The van der Waals surface area contributed by atoms with Gasteiger partial charge in [0.05, 0.1) is 0 Å². The molecule has 0 spiro atoms. The molecule has 0 unspecified atom stereocenters. The molecule has 2 aromatic heterocycles. The Labute approximate surface area is 128 Å². The predicted molar refractivity (Wildman–Crippen MR) is 85.5 cm³/mol. The van der Waals surface area contributed by atoms with Crippen LogP contribution < -0.4 is 10.6 Å². The van der Waals surface area contributed by atoms with Crippen molar-refractivity contribution in [2.45, 2.75) is 26.8 Å². The Morgan fingerprint density at radius 2 is 2.10 bits per heavy atom. The zero-order chi connectivity index (χ0) is 15.1. The maximum absolute atomic E-state index is 12.0. The smallest absolute Gasteiger partial charge is 0.271 e. The third-order valence-electron chi connectivity index (χ3n) is 2.94. The van der Waals surface area contributed by atoms with E-state index < -0.39 is 0 Å².